The van der Waals surface area contributed by atoms with Crippen molar-refractivity contribution in [3.8, 4) is 11.4 Å². The van der Waals surface area contributed by atoms with Crippen LogP contribution in [0.15, 0.2) is 59.5 Å². The van der Waals surface area contributed by atoms with E-state index in [0.29, 0.717) is 43.2 Å². The van der Waals surface area contributed by atoms with Crippen LogP contribution in [-0.4, -0.2) is 61.2 Å². The predicted molar refractivity (Wildman–Crippen MR) is 122 cm³/mol. The van der Waals surface area contributed by atoms with Crippen molar-refractivity contribution in [3.63, 3.8) is 0 Å². The van der Waals surface area contributed by atoms with Gasteiger partial charge >= 0.3 is 11.7 Å². The van der Waals surface area contributed by atoms with Gasteiger partial charge in [-0.1, -0.05) is 36.4 Å². The zero-order valence-corrected chi connectivity index (χ0v) is 18.0. The van der Waals surface area contributed by atoms with Crippen LogP contribution in [0.5, 0.6) is 0 Å². The molecule has 1 fully saturated rings. The molecular weight excluding hydrogens is 406 g/mol. The number of fused-ring (bicyclic) bond motifs is 1. The van der Waals surface area contributed by atoms with Crippen LogP contribution in [0.2, 0.25) is 0 Å². The number of amides is 1. The number of aryl methyl sites for hydroxylation is 2. The van der Waals surface area contributed by atoms with Crippen LogP contribution >= 0.6 is 0 Å². The molecule has 3 aromatic heterocycles. The first kappa shape index (κ1) is 19.9. The van der Waals surface area contributed by atoms with Gasteiger partial charge in [0.2, 0.25) is 0 Å². The van der Waals surface area contributed by atoms with Gasteiger partial charge in [0.05, 0.1) is 6.20 Å². The SMILES string of the molecule is Cc1cccc(N2CCN(C(=O)n3c(=O)n(C)c4nc(-c5ccccc5)ncc43)CC2)n1. The van der Waals surface area contributed by atoms with Crippen LogP contribution in [0.4, 0.5) is 10.6 Å². The first-order chi connectivity index (χ1) is 15.5. The molecule has 1 saturated heterocycles. The van der Waals surface area contributed by atoms with Gasteiger partial charge in [-0.25, -0.2) is 29.1 Å². The summed E-state index contributed by atoms with van der Waals surface area (Å²) in [4.78, 5) is 43.6. The molecule has 1 aliphatic rings. The Morgan fingerprint density at radius 2 is 1.69 bits per heavy atom. The summed E-state index contributed by atoms with van der Waals surface area (Å²) in [7, 11) is 1.62. The van der Waals surface area contributed by atoms with E-state index in [2.05, 4.69) is 19.9 Å². The first-order valence-corrected chi connectivity index (χ1v) is 10.5. The number of nitrogens with zero attached hydrogens (tertiary/aromatic N) is 7. The maximum Gasteiger partial charge on any atom is 0.338 e. The smallest absolute Gasteiger partial charge is 0.338 e. The van der Waals surface area contributed by atoms with Gasteiger partial charge in [0, 0.05) is 44.5 Å². The number of hydrogen-bond acceptors (Lipinski definition) is 6. The molecule has 4 heterocycles. The summed E-state index contributed by atoms with van der Waals surface area (Å²) >= 11 is 0. The monoisotopic (exact) mass is 429 g/mol. The standard InChI is InChI=1S/C23H23N7O2/c1-16-7-6-10-19(25-16)28-11-13-29(14-12-28)23(32)30-18-15-24-20(17-8-4-3-5-9-17)26-21(18)27(2)22(30)31/h3-10,15H,11-14H2,1-2H3. The van der Waals surface area contributed by atoms with Gasteiger partial charge in [0.25, 0.3) is 0 Å². The molecule has 4 aromatic rings. The molecule has 1 amide bonds. The Balaban J connectivity index is 1.42. The summed E-state index contributed by atoms with van der Waals surface area (Å²) < 4.78 is 2.57. The zero-order valence-electron chi connectivity index (χ0n) is 18.0. The third-order valence-corrected chi connectivity index (χ3v) is 5.76. The van der Waals surface area contributed by atoms with Crippen molar-refractivity contribution >= 4 is 23.0 Å². The van der Waals surface area contributed by atoms with E-state index in [1.165, 1.54) is 9.13 Å². The van der Waals surface area contributed by atoms with Crippen molar-refractivity contribution in [2.45, 2.75) is 6.92 Å². The van der Waals surface area contributed by atoms with E-state index in [4.69, 9.17) is 0 Å². The zero-order chi connectivity index (χ0) is 22.2. The molecule has 32 heavy (non-hydrogen) atoms. The van der Waals surface area contributed by atoms with E-state index in [-0.39, 0.29) is 6.03 Å². The number of rotatable bonds is 2. The molecule has 0 aliphatic carbocycles. The molecule has 9 nitrogen and oxygen atoms in total. The molecule has 0 spiro atoms. The van der Waals surface area contributed by atoms with Gasteiger partial charge < -0.3 is 9.80 Å². The molecule has 1 aromatic carbocycles. The van der Waals surface area contributed by atoms with Crippen LogP contribution in [0, 0.1) is 6.92 Å². The average molecular weight is 429 g/mol. The second-order valence-corrected chi connectivity index (χ2v) is 7.84. The molecule has 0 saturated carbocycles. The lowest BCUT2D eigenvalue weighted by Crippen LogP contribution is -2.51. The van der Waals surface area contributed by atoms with E-state index in [0.717, 1.165) is 17.1 Å². The van der Waals surface area contributed by atoms with Crippen LogP contribution in [0.1, 0.15) is 5.69 Å². The highest BCUT2D eigenvalue weighted by Crippen LogP contribution is 2.19. The van der Waals surface area contributed by atoms with Gasteiger partial charge in [0.1, 0.15) is 11.3 Å². The Morgan fingerprint density at radius 1 is 0.938 bits per heavy atom. The fourth-order valence-corrected chi connectivity index (χ4v) is 4.00. The summed E-state index contributed by atoms with van der Waals surface area (Å²) in [5.41, 5.74) is 2.22. The molecular formula is C23H23N7O2. The largest absolute Gasteiger partial charge is 0.353 e. The van der Waals surface area contributed by atoms with Gasteiger partial charge in [-0.3, -0.25) is 4.57 Å². The number of piperazine rings is 1. The van der Waals surface area contributed by atoms with Crippen molar-refractivity contribution in [2.24, 2.45) is 7.05 Å². The number of pyridine rings is 1. The van der Waals surface area contributed by atoms with E-state index in [1.807, 2.05) is 55.5 Å². The fourth-order valence-electron chi connectivity index (χ4n) is 4.00. The molecule has 5 rings (SSSR count). The lowest BCUT2D eigenvalue weighted by atomic mass is 10.2. The summed E-state index contributed by atoms with van der Waals surface area (Å²) in [6, 6.07) is 15.1. The Hall–Kier alpha value is -4.01. The fraction of sp³-hybridized carbons (Fsp3) is 0.261. The normalized spacial score (nSPS) is 14.2. The molecule has 0 atom stereocenters. The predicted octanol–water partition coefficient (Wildman–Crippen LogP) is 2.29. The number of carbonyl (C=O) groups is 1. The van der Waals surface area contributed by atoms with E-state index >= 15 is 0 Å². The summed E-state index contributed by atoms with van der Waals surface area (Å²) in [5, 5.41) is 0. The van der Waals surface area contributed by atoms with Gasteiger partial charge in [-0.05, 0) is 19.1 Å². The lowest BCUT2D eigenvalue weighted by molar-refractivity contribution is 0.196. The molecule has 0 N–H and O–H groups in total. The summed E-state index contributed by atoms with van der Waals surface area (Å²) in [6.07, 6.45) is 1.55. The molecule has 0 unspecified atom stereocenters. The third-order valence-electron chi connectivity index (χ3n) is 5.76. The van der Waals surface area contributed by atoms with Crippen LogP contribution < -0.4 is 10.6 Å². The van der Waals surface area contributed by atoms with E-state index < -0.39 is 5.69 Å². The molecule has 0 bridgehead atoms. The summed E-state index contributed by atoms with van der Waals surface area (Å²) in [6.45, 7) is 4.26. The Kier molecular flexibility index (Phi) is 4.93. The van der Waals surface area contributed by atoms with Gasteiger partial charge in [-0.15, -0.1) is 0 Å². The highest BCUT2D eigenvalue weighted by Gasteiger charge is 2.27. The average Bonchev–Trinajstić information content (AvgIpc) is 3.09. The van der Waals surface area contributed by atoms with Crippen LogP contribution in [-0.2, 0) is 7.05 Å². The van der Waals surface area contributed by atoms with Crippen molar-refractivity contribution in [2.75, 3.05) is 31.1 Å². The second kappa shape index (κ2) is 7.92. The topological polar surface area (TPSA) is 89.1 Å². The first-order valence-electron chi connectivity index (χ1n) is 10.5. The van der Waals surface area contributed by atoms with Gasteiger partial charge in [0.15, 0.2) is 11.5 Å². The Labute approximate surface area is 184 Å². The minimum absolute atomic E-state index is 0.353. The number of benzene rings is 1. The van der Waals surface area contributed by atoms with Crippen LogP contribution in [0.25, 0.3) is 22.6 Å². The second-order valence-electron chi connectivity index (χ2n) is 7.84. The maximum absolute atomic E-state index is 13.3. The minimum Gasteiger partial charge on any atom is -0.353 e. The number of aromatic nitrogens is 5. The number of hydrogen-bond donors (Lipinski definition) is 0. The van der Waals surface area contributed by atoms with Crippen molar-refractivity contribution in [1.29, 1.82) is 0 Å². The lowest BCUT2D eigenvalue weighted by Gasteiger charge is -2.35. The van der Waals surface area contributed by atoms with Crippen LogP contribution in [0.3, 0.4) is 0 Å². The van der Waals surface area contributed by atoms with Crippen molar-refractivity contribution < 1.29 is 4.79 Å². The van der Waals surface area contributed by atoms with Crippen molar-refractivity contribution in [1.82, 2.24) is 29.0 Å². The number of carbonyl (C=O) groups excluding carboxylic acids is 1. The quantitative estimate of drug-likeness (QED) is 0.486. The third kappa shape index (κ3) is 3.41. The molecule has 0 radical (unpaired) electrons. The highest BCUT2D eigenvalue weighted by atomic mass is 16.2. The minimum atomic E-state index is -0.424. The Bertz CT molecular complexity index is 1350. The maximum atomic E-state index is 13.3. The molecule has 9 heteroatoms. The molecule has 162 valence electrons. The summed E-state index contributed by atoms with van der Waals surface area (Å²) in [5.74, 6) is 1.42. The highest BCUT2D eigenvalue weighted by molar-refractivity contribution is 5.88. The Morgan fingerprint density at radius 3 is 2.41 bits per heavy atom. The van der Waals surface area contributed by atoms with E-state index in [1.54, 1.807) is 18.1 Å². The van der Waals surface area contributed by atoms with E-state index in [9.17, 15) is 9.59 Å². The number of anilines is 1. The number of imidazole rings is 1. The molecule has 1 aliphatic heterocycles. The van der Waals surface area contributed by atoms with Crippen molar-refractivity contribution in [3.05, 3.63) is 70.9 Å². The van der Waals surface area contributed by atoms with Gasteiger partial charge in [-0.2, -0.15) is 0 Å².